The number of anilines is 1. The Morgan fingerprint density at radius 3 is 2.46 bits per heavy atom. The summed E-state index contributed by atoms with van der Waals surface area (Å²) in [6.45, 7) is 1.90. The Morgan fingerprint density at radius 2 is 1.74 bits per heavy atom. The quantitative estimate of drug-likeness (QED) is 0.346. The van der Waals surface area contributed by atoms with Gasteiger partial charge in [0.2, 0.25) is 0 Å². The van der Waals surface area contributed by atoms with Crippen molar-refractivity contribution in [2.45, 2.75) is 13.5 Å². The number of amides is 4. The fourth-order valence-corrected chi connectivity index (χ4v) is 3.79. The fraction of sp³-hybridized carbons (Fsp3) is 0.115. The molecule has 1 fully saturated rings. The van der Waals surface area contributed by atoms with Gasteiger partial charge in [-0.3, -0.25) is 14.9 Å². The first-order chi connectivity index (χ1) is 16.8. The van der Waals surface area contributed by atoms with Gasteiger partial charge in [-0.25, -0.2) is 9.69 Å². The Bertz CT molecular complexity index is 1350. The lowest BCUT2D eigenvalue weighted by molar-refractivity contribution is -0.122. The van der Waals surface area contributed by atoms with Gasteiger partial charge in [0.05, 0.1) is 12.8 Å². The van der Waals surface area contributed by atoms with E-state index in [2.05, 4.69) is 5.32 Å². The second-order valence-electron chi connectivity index (χ2n) is 7.66. The molecule has 0 spiro atoms. The van der Waals surface area contributed by atoms with Crippen LogP contribution in [0.15, 0.2) is 66.2 Å². The van der Waals surface area contributed by atoms with Gasteiger partial charge >= 0.3 is 6.03 Å². The number of rotatable bonds is 6. The normalized spacial score (nSPS) is 14.8. The van der Waals surface area contributed by atoms with Crippen LogP contribution in [0.4, 0.5) is 10.5 Å². The lowest BCUT2D eigenvalue weighted by Crippen LogP contribution is -2.54. The predicted octanol–water partition coefficient (Wildman–Crippen LogP) is 5.56. The van der Waals surface area contributed by atoms with Gasteiger partial charge in [-0.05, 0) is 60.5 Å². The molecule has 0 saturated carbocycles. The van der Waals surface area contributed by atoms with E-state index in [9.17, 15) is 14.4 Å². The molecule has 178 valence electrons. The first-order valence-corrected chi connectivity index (χ1v) is 11.3. The second kappa shape index (κ2) is 10.2. The number of hydrogen-bond acceptors (Lipinski definition) is 5. The SMILES string of the molecule is COc1ccc(/C=C2\C(=O)NC(=O)N(c3cccc(Cl)c3C)C2=O)c(OCc2ccc(Cl)cc2)c1. The zero-order chi connectivity index (χ0) is 25.1. The molecule has 4 rings (SSSR count). The Balaban J connectivity index is 1.70. The monoisotopic (exact) mass is 510 g/mol. The molecule has 3 aromatic rings. The summed E-state index contributed by atoms with van der Waals surface area (Å²) < 4.78 is 11.3. The lowest BCUT2D eigenvalue weighted by atomic mass is 10.0. The first-order valence-electron chi connectivity index (χ1n) is 10.5. The van der Waals surface area contributed by atoms with Crippen LogP contribution in [0.1, 0.15) is 16.7 Å². The van der Waals surface area contributed by atoms with Crippen LogP contribution in [-0.2, 0) is 16.2 Å². The van der Waals surface area contributed by atoms with Crippen molar-refractivity contribution < 1.29 is 23.9 Å². The number of carbonyl (C=O) groups is 3. The summed E-state index contributed by atoms with van der Waals surface area (Å²) in [5.41, 5.74) is 1.91. The fourth-order valence-electron chi connectivity index (χ4n) is 3.50. The van der Waals surface area contributed by atoms with E-state index in [0.717, 1.165) is 10.5 Å². The Labute approximate surface area is 211 Å². The van der Waals surface area contributed by atoms with Crippen LogP contribution >= 0.6 is 23.2 Å². The molecule has 3 aromatic carbocycles. The summed E-state index contributed by atoms with van der Waals surface area (Å²) >= 11 is 12.1. The number of nitrogens with one attached hydrogen (secondary N) is 1. The van der Waals surface area contributed by atoms with E-state index < -0.39 is 17.8 Å². The van der Waals surface area contributed by atoms with E-state index in [1.807, 2.05) is 12.1 Å². The summed E-state index contributed by atoms with van der Waals surface area (Å²) in [5, 5.41) is 3.21. The van der Waals surface area contributed by atoms with Gasteiger partial charge in [0, 0.05) is 21.7 Å². The molecule has 1 aliphatic heterocycles. The summed E-state index contributed by atoms with van der Waals surface area (Å²) in [5.74, 6) is -0.669. The molecule has 0 unspecified atom stereocenters. The van der Waals surface area contributed by atoms with Crippen LogP contribution in [0.3, 0.4) is 0 Å². The Hall–Kier alpha value is -3.81. The van der Waals surface area contributed by atoms with E-state index in [-0.39, 0.29) is 17.9 Å². The highest BCUT2D eigenvalue weighted by Crippen LogP contribution is 2.32. The maximum atomic E-state index is 13.3. The van der Waals surface area contributed by atoms with Crippen LogP contribution in [0, 0.1) is 6.92 Å². The van der Waals surface area contributed by atoms with E-state index >= 15 is 0 Å². The average molecular weight is 511 g/mol. The molecule has 1 aliphatic rings. The van der Waals surface area contributed by atoms with Crippen molar-refractivity contribution in [2.75, 3.05) is 12.0 Å². The number of benzene rings is 3. The zero-order valence-corrected chi connectivity index (χ0v) is 20.3. The minimum absolute atomic E-state index is 0.215. The van der Waals surface area contributed by atoms with Gasteiger partial charge in [0.1, 0.15) is 23.7 Å². The molecule has 0 aromatic heterocycles. The lowest BCUT2D eigenvalue weighted by Gasteiger charge is -2.28. The number of methoxy groups -OCH3 is 1. The smallest absolute Gasteiger partial charge is 0.335 e. The number of barbiturate groups is 1. The number of imide groups is 2. The first kappa shape index (κ1) is 24.3. The minimum atomic E-state index is -0.851. The van der Waals surface area contributed by atoms with E-state index in [1.54, 1.807) is 55.5 Å². The molecule has 35 heavy (non-hydrogen) atoms. The number of hydrogen-bond donors (Lipinski definition) is 1. The summed E-state index contributed by atoms with van der Waals surface area (Å²) in [4.78, 5) is 39.4. The van der Waals surface area contributed by atoms with Crippen molar-refractivity contribution in [1.29, 1.82) is 0 Å². The Morgan fingerprint density at radius 1 is 1.00 bits per heavy atom. The van der Waals surface area contributed by atoms with Crippen molar-refractivity contribution in [3.63, 3.8) is 0 Å². The van der Waals surface area contributed by atoms with Crippen molar-refractivity contribution in [1.82, 2.24) is 5.32 Å². The van der Waals surface area contributed by atoms with Crippen LogP contribution in [0.25, 0.3) is 6.08 Å². The molecular formula is C26H20Cl2N2O5. The highest BCUT2D eigenvalue weighted by molar-refractivity contribution is 6.40. The molecule has 1 saturated heterocycles. The standard InChI is InChI=1S/C26H20Cl2N2O5/c1-15-21(28)4-3-5-22(15)30-25(32)20(24(31)29-26(30)33)12-17-8-11-19(34-2)13-23(17)35-14-16-6-9-18(27)10-7-16/h3-13H,14H2,1-2H3,(H,29,31,33)/b20-12+. The molecule has 0 aliphatic carbocycles. The molecule has 0 radical (unpaired) electrons. The molecular weight excluding hydrogens is 491 g/mol. The summed E-state index contributed by atoms with van der Waals surface area (Å²) in [6.07, 6.45) is 1.38. The van der Waals surface area contributed by atoms with Crippen molar-refractivity contribution in [2.24, 2.45) is 0 Å². The second-order valence-corrected chi connectivity index (χ2v) is 8.50. The maximum absolute atomic E-state index is 13.3. The largest absolute Gasteiger partial charge is 0.497 e. The summed E-state index contributed by atoms with van der Waals surface area (Å²) in [6, 6.07) is 16.2. The van der Waals surface area contributed by atoms with Gasteiger partial charge in [-0.15, -0.1) is 0 Å². The molecule has 9 heteroatoms. The average Bonchev–Trinajstić information content (AvgIpc) is 2.84. The van der Waals surface area contributed by atoms with Crippen LogP contribution in [0.5, 0.6) is 11.5 Å². The molecule has 1 N–H and O–H groups in total. The molecule has 0 bridgehead atoms. The van der Waals surface area contributed by atoms with Gasteiger partial charge < -0.3 is 9.47 Å². The van der Waals surface area contributed by atoms with Crippen LogP contribution in [0.2, 0.25) is 10.0 Å². The number of ether oxygens (including phenoxy) is 2. The summed E-state index contributed by atoms with van der Waals surface area (Å²) in [7, 11) is 1.52. The minimum Gasteiger partial charge on any atom is -0.497 e. The van der Waals surface area contributed by atoms with Crippen molar-refractivity contribution >= 4 is 52.8 Å². The number of nitrogens with zero attached hydrogens (tertiary/aromatic N) is 1. The number of halogens is 2. The van der Waals surface area contributed by atoms with Crippen molar-refractivity contribution in [3.8, 4) is 11.5 Å². The van der Waals surface area contributed by atoms with E-state index in [0.29, 0.717) is 32.7 Å². The van der Waals surface area contributed by atoms with E-state index in [1.165, 1.54) is 13.2 Å². The topological polar surface area (TPSA) is 84.9 Å². The Kier molecular flexibility index (Phi) is 7.10. The third-order valence-electron chi connectivity index (χ3n) is 5.41. The van der Waals surface area contributed by atoms with Crippen LogP contribution < -0.4 is 19.7 Å². The van der Waals surface area contributed by atoms with Gasteiger partial charge in [0.15, 0.2) is 0 Å². The maximum Gasteiger partial charge on any atom is 0.335 e. The molecule has 4 amide bonds. The zero-order valence-electron chi connectivity index (χ0n) is 18.8. The third kappa shape index (κ3) is 5.16. The van der Waals surface area contributed by atoms with Crippen molar-refractivity contribution in [3.05, 3.63) is 93.0 Å². The molecule has 0 atom stereocenters. The molecule has 7 nitrogen and oxygen atoms in total. The molecule has 1 heterocycles. The predicted molar refractivity (Wildman–Crippen MR) is 134 cm³/mol. The highest BCUT2D eigenvalue weighted by Gasteiger charge is 2.37. The van der Waals surface area contributed by atoms with E-state index in [4.69, 9.17) is 32.7 Å². The number of urea groups is 1. The van der Waals surface area contributed by atoms with Gasteiger partial charge in [-0.2, -0.15) is 0 Å². The van der Waals surface area contributed by atoms with Crippen LogP contribution in [-0.4, -0.2) is 25.0 Å². The third-order valence-corrected chi connectivity index (χ3v) is 6.07. The number of carbonyl (C=O) groups excluding carboxylic acids is 3. The van der Waals surface area contributed by atoms with Gasteiger partial charge in [0.25, 0.3) is 11.8 Å². The van der Waals surface area contributed by atoms with Gasteiger partial charge in [-0.1, -0.05) is 41.4 Å². The highest BCUT2D eigenvalue weighted by atomic mass is 35.5.